The Bertz CT molecular complexity index is 358. The summed E-state index contributed by atoms with van der Waals surface area (Å²) in [6, 6.07) is 7.99. The standard InChI is InChI=1S/C12H15IN2O/c13-10-3-1-9(2-4-10)12(16)15-11-5-7-14-8-6-11/h1-4,11,14H,5-8H2,(H,15,16). The highest BCUT2D eigenvalue weighted by Crippen LogP contribution is 2.08. The van der Waals surface area contributed by atoms with Gasteiger partial charge < -0.3 is 10.6 Å². The van der Waals surface area contributed by atoms with Crippen LogP contribution >= 0.6 is 22.6 Å². The highest BCUT2D eigenvalue weighted by molar-refractivity contribution is 14.1. The molecule has 0 atom stereocenters. The SMILES string of the molecule is O=C(NC1CCNCC1)c1ccc(I)cc1. The van der Waals surface area contributed by atoms with Crippen LogP contribution in [-0.2, 0) is 0 Å². The summed E-state index contributed by atoms with van der Waals surface area (Å²) < 4.78 is 1.15. The zero-order valence-corrected chi connectivity index (χ0v) is 11.2. The van der Waals surface area contributed by atoms with E-state index < -0.39 is 0 Å². The third-order valence-electron chi connectivity index (χ3n) is 2.78. The number of hydrogen-bond acceptors (Lipinski definition) is 2. The van der Waals surface area contributed by atoms with Crippen molar-refractivity contribution in [3.05, 3.63) is 33.4 Å². The molecule has 0 radical (unpaired) electrons. The van der Waals surface area contributed by atoms with E-state index in [1.165, 1.54) is 0 Å². The molecule has 1 heterocycles. The summed E-state index contributed by atoms with van der Waals surface area (Å²) in [5.41, 5.74) is 0.749. The van der Waals surface area contributed by atoms with Crippen LogP contribution in [0, 0.1) is 3.57 Å². The lowest BCUT2D eigenvalue weighted by molar-refractivity contribution is 0.0929. The van der Waals surface area contributed by atoms with Crippen LogP contribution in [-0.4, -0.2) is 25.0 Å². The van der Waals surface area contributed by atoms with Gasteiger partial charge in [-0.1, -0.05) is 0 Å². The summed E-state index contributed by atoms with van der Waals surface area (Å²) in [5.74, 6) is 0.0447. The smallest absolute Gasteiger partial charge is 0.251 e. The van der Waals surface area contributed by atoms with Crippen LogP contribution in [0.3, 0.4) is 0 Å². The monoisotopic (exact) mass is 330 g/mol. The van der Waals surface area contributed by atoms with Crippen LogP contribution in [0.2, 0.25) is 0 Å². The molecule has 1 aromatic rings. The Labute approximate surface area is 109 Å². The molecular weight excluding hydrogens is 315 g/mol. The molecule has 1 aliphatic heterocycles. The summed E-state index contributed by atoms with van der Waals surface area (Å²) >= 11 is 2.24. The van der Waals surface area contributed by atoms with Crippen molar-refractivity contribution in [2.24, 2.45) is 0 Å². The first kappa shape index (κ1) is 11.9. The quantitative estimate of drug-likeness (QED) is 0.812. The van der Waals surface area contributed by atoms with Gasteiger partial charge in [0.2, 0.25) is 0 Å². The lowest BCUT2D eigenvalue weighted by Gasteiger charge is -2.23. The lowest BCUT2D eigenvalue weighted by Crippen LogP contribution is -2.42. The van der Waals surface area contributed by atoms with Gasteiger partial charge >= 0.3 is 0 Å². The molecule has 86 valence electrons. The van der Waals surface area contributed by atoms with E-state index in [-0.39, 0.29) is 5.91 Å². The maximum absolute atomic E-state index is 11.9. The zero-order chi connectivity index (χ0) is 11.4. The topological polar surface area (TPSA) is 41.1 Å². The number of carbonyl (C=O) groups is 1. The Morgan fingerprint density at radius 3 is 2.50 bits per heavy atom. The van der Waals surface area contributed by atoms with Crippen molar-refractivity contribution in [1.82, 2.24) is 10.6 Å². The van der Waals surface area contributed by atoms with Crippen molar-refractivity contribution in [3.63, 3.8) is 0 Å². The van der Waals surface area contributed by atoms with Crippen LogP contribution in [0.15, 0.2) is 24.3 Å². The average Bonchev–Trinajstić information content (AvgIpc) is 2.31. The van der Waals surface area contributed by atoms with Gasteiger partial charge in [-0.3, -0.25) is 4.79 Å². The van der Waals surface area contributed by atoms with E-state index in [4.69, 9.17) is 0 Å². The van der Waals surface area contributed by atoms with E-state index in [9.17, 15) is 4.79 Å². The molecule has 3 nitrogen and oxygen atoms in total. The fraction of sp³-hybridized carbons (Fsp3) is 0.417. The van der Waals surface area contributed by atoms with E-state index in [0.29, 0.717) is 6.04 Å². The summed E-state index contributed by atoms with van der Waals surface area (Å²) in [5, 5.41) is 6.36. The highest BCUT2D eigenvalue weighted by atomic mass is 127. The number of piperidine rings is 1. The molecule has 4 heteroatoms. The summed E-state index contributed by atoms with van der Waals surface area (Å²) in [4.78, 5) is 11.9. The molecule has 0 spiro atoms. The minimum absolute atomic E-state index is 0.0447. The van der Waals surface area contributed by atoms with Gasteiger partial charge in [0.05, 0.1) is 0 Å². The van der Waals surface area contributed by atoms with Gasteiger partial charge in [-0.05, 0) is 72.8 Å². The van der Waals surface area contributed by atoms with Crippen molar-refractivity contribution in [2.45, 2.75) is 18.9 Å². The van der Waals surface area contributed by atoms with Crippen molar-refractivity contribution in [3.8, 4) is 0 Å². The maximum atomic E-state index is 11.9. The first-order valence-corrected chi connectivity index (χ1v) is 6.61. The predicted molar refractivity (Wildman–Crippen MR) is 72.5 cm³/mol. The minimum Gasteiger partial charge on any atom is -0.349 e. The molecule has 1 aliphatic rings. The molecule has 1 fully saturated rings. The molecule has 0 aliphatic carbocycles. The molecular formula is C12H15IN2O. The van der Waals surface area contributed by atoms with Gasteiger partial charge in [0.15, 0.2) is 0 Å². The number of rotatable bonds is 2. The van der Waals surface area contributed by atoms with Crippen molar-refractivity contribution in [1.29, 1.82) is 0 Å². The molecule has 1 saturated heterocycles. The lowest BCUT2D eigenvalue weighted by atomic mass is 10.1. The van der Waals surface area contributed by atoms with Gasteiger partial charge in [-0.25, -0.2) is 0 Å². The van der Waals surface area contributed by atoms with Crippen LogP contribution in [0.1, 0.15) is 23.2 Å². The summed E-state index contributed by atoms with van der Waals surface area (Å²) in [6.45, 7) is 2.00. The van der Waals surface area contributed by atoms with E-state index in [0.717, 1.165) is 35.1 Å². The fourth-order valence-electron chi connectivity index (χ4n) is 1.84. The van der Waals surface area contributed by atoms with Gasteiger partial charge in [0.25, 0.3) is 5.91 Å². The third-order valence-corrected chi connectivity index (χ3v) is 3.50. The average molecular weight is 330 g/mol. The number of nitrogens with one attached hydrogen (secondary N) is 2. The second-order valence-corrected chi connectivity index (χ2v) is 5.25. The van der Waals surface area contributed by atoms with Gasteiger partial charge in [0, 0.05) is 15.2 Å². The number of carbonyl (C=O) groups excluding carboxylic acids is 1. The number of hydrogen-bond donors (Lipinski definition) is 2. The Balaban J connectivity index is 1.94. The van der Waals surface area contributed by atoms with Crippen LogP contribution in [0.4, 0.5) is 0 Å². The molecule has 1 amide bonds. The molecule has 1 aromatic carbocycles. The van der Waals surface area contributed by atoms with Gasteiger partial charge in [0.1, 0.15) is 0 Å². The first-order chi connectivity index (χ1) is 7.75. The van der Waals surface area contributed by atoms with Gasteiger partial charge in [-0.2, -0.15) is 0 Å². The number of benzene rings is 1. The van der Waals surface area contributed by atoms with Crippen molar-refractivity contribution < 1.29 is 4.79 Å². The minimum atomic E-state index is 0.0447. The molecule has 2 rings (SSSR count). The zero-order valence-electron chi connectivity index (χ0n) is 9.00. The molecule has 0 bridgehead atoms. The largest absolute Gasteiger partial charge is 0.349 e. The van der Waals surface area contributed by atoms with Crippen molar-refractivity contribution >= 4 is 28.5 Å². The molecule has 0 unspecified atom stereocenters. The highest BCUT2D eigenvalue weighted by Gasteiger charge is 2.15. The Hall–Kier alpha value is -0.620. The Kier molecular flexibility index (Phi) is 4.17. The fourth-order valence-corrected chi connectivity index (χ4v) is 2.20. The Morgan fingerprint density at radius 1 is 1.25 bits per heavy atom. The van der Waals surface area contributed by atoms with Crippen LogP contribution < -0.4 is 10.6 Å². The number of halogens is 1. The van der Waals surface area contributed by atoms with E-state index in [1.807, 2.05) is 24.3 Å². The summed E-state index contributed by atoms with van der Waals surface area (Å²) in [7, 11) is 0. The predicted octanol–water partition coefficient (Wildman–Crippen LogP) is 1.77. The van der Waals surface area contributed by atoms with Crippen LogP contribution in [0.25, 0.3) is 0 Å². The molecule has 0 saturated carbocycles. The van der Waals surface area contributed by atoms with Gasteiger partial charge in [-0.15, -0.1) is 0 Å². The van der Waals surface area contributed by atoms with E-state index in [2.05, 4.69) is 33.2 Å². The summed E-state index contributed by atoms with van der Waals surface area (Å²) in [6.07, 6.45) is 2.05. The van der Waals surface area contributed by atoms with Crippen molar-refractivity contribution in [2.75, 3.05) is 13.1 Å². The van der Waals surface area contributed by atoms with E-state index in [1.54, 1.807) is 0 Å². The second-order valence-electron chi connectivity index (χ2n) is 4.00. The molecule has 2 N–H and O–H groups in total. The van der Waals surface area contributed by atoms with E-state index >= 15 is 0 Å². The molecule has 0 aromatic heterocycles. The Morgan fingerprint density at radius 2 is 1.88 bits per heavy atom. The third kappa shape index (κ3) is 3.18. The normalized spacial score (nSPS) is 17.1. The van der Waals surface area contributed by atoms with Crippen LogP contribution in [0.5, 0.6) is 0 Å². The maximum Gasteiger partial charge on any atom is 0.251 e. The second kappa shape index (κ2) is 5.63. The first-order valence-electron chi connectivity index (χ1n) is 5.53. The molecule has 16 heavy (non-hydrogen) atoms. The number of amides is 1.